The van der Waals surface area contributed by atoms with E-state index in [0.29, 0.717) is 24.9 Å². The number of nitrogens with zero attached hydrogens (tertiary/aromatic N) is 1. The maximum Gasteiger partial charge on any atom is 0.191 e. The molecule has 7 heteroatoms. The minimum Gasteiger partial charge on any atom is -0.492 e. The number of guanidine groups is 1. The first-order valence-corrected chi connectivity index (χ1v) is 9.05. The number of hydrogen-bond donors (Lipinski definition) is 2. The Balaban J connectivity index is 1.78. The summed E-state index contributed by atoms with van der Waals surface area (Å²) in [7, 11) is 0. The first-order valence-electron chi connectivity index (χ1n) is 7.89. The fraction of sp³-hybridized carbons (Fsp3) is 0.562. The van der Waals surface area contributed by atoms with Crippen molar-refractivity contribution in [2.75, 3.05) is 31.2 Å². The Bertz CT molecular complexity index is 522. The lowest BCUT2D eigenvalue weighted by atomic mass is 10.2. The number of benzene rings is 1. The van der Waals surface area contributed by atoms with Gasteiger partial charge in [-0.05, 0) is 37.7 Å². The second-order valence-electron chi connectivity index (χ2n) is 5.24. The molecule has 2 N–H and O–H groups in total. The highest BCUT2D eigenvalue weighted by atomic mass is 32.2. The van der Waals surface area contributed by atoms with Crippen LogP contribution in [0.1, 0.15) is 19.8 Å². The highest BCUT2D eigenvalue weighted by Gasteiger charge is 2.14. The largest absolute Gasteiger partial charge is 0.492 e. The third kappa shape index (κ3) is 6.25. The smallest absolute Gasteiger partial charge is 0.191 e. The van der Waals surface area contributed by atoms with E-state index in [2.05, 4.69) is 15.6 Å². The van der Waals surface area contributed by atoms with Gasteiger partial charge in [-0.15, -0.1) is 0 Å². The molecule has 0 radical (unpaired) electrons. The molecule has 128 valence electrons. The zero-order chi connectivity index (χ0) is 16.5. The third-order valence-electron chi connectivity index (χ3n) is 3.37. The lowest BCUT2D eigenvalue weighted by molar-refractivity contribution is 0.325. The zero-order valence-electron chi connectivity index (χ0n) is 13.3. The van der Waals surface area contributed by atoms with Gasteiger partial charge in [0.25, 0.3) is 0 Å². The van der Waals surface area contributed by atoms with Crippen LogP contribution in [0.25, 0.3) is 0 Å². The van der Waals surface area contributed by atoms with Gasteiger partial charge in [0.15, 0.2) is 17.6 Å². The van der Waals surface area contributed by atoms with Crippen molar-refractivity contribution in [2.45, 2.75) is 25.8 Å². The normalized spacial score (nSPS) is 18.6. The topological polar surface area (TPSA) is 45.7 Å². The number of rotatable bonds is 6. The van der Waals surface area contributed by atoms with Gasteiger partial charge in [-0.3, -0.25) is 0 Å². The predicted molar refractivity (Wildman–Crippen MR) is 91.3 cm³/mol. The average molecular weight is 343 g/mol. The molecule has 1 aliphatic heterocycles. The van der Waals surface area contributed by atoms with E-state index in [9.17, 15) is 8.78 Å². The van der Waals surface area contributed by atoms with E-state index in [1.165, 1.54) is 18.2 Å². The Morgan fingerprint density at radius 3 is 2.96 bits per heavy atom. The van der Waals surface area contributed by atoms with Crippen molar-refractivity contribution < 1.29 is 13.5 Å². The molecule has 1 aromatic rings. The van der Waals surface area contributed by atoms with E-state index in [1.807, 2.05) is 18.7 Å². The third-order valence-corrected chi connectivity index (χ3v) is 4.58. The molecule has 0 aromatic heterocycles. The first-order chi connectivity index (χ1) is 11.2. The molecule has 0 bridgehead atoms. The van der Waals surface area contributed by atoms with E-state index in [-0.39, 0.29) is 0 Å². The number of aliphatic imine (C=N–C) groups is 1. The van der Waals surface area contributed by atoms with Crippen molar-refractivity contribution in [3.05, 3.63) is 29.8 Å². The standard InChI is InChI=1S/C16H23F2N3OS/c1-2-19-16(21-12-4-3-9-23-11-12)20-7-8-22-13-5-6-14(17)15(18)10-13/h5-6,10,12H,2-4,7-9,11H2,1H3,(H2,19,20,21). The Labute approximate surface area is 140 Å². The molecule has 2 rings (SSSR count). The average Bonchev–Trinajstić information content (AvgIpc) is 2.56. The summed E-state index contributed by atoms with van der Waals surface area (Å²) in [5.74, 6) is 1.62. The summed E-state index contributed by atoms with van der Waals surface area (Å²) >= 11 is 1.96. The summed E-state index contributed by atoms with van der Waals surface area (Å²) in [6, 6.07) is 3.95. The van der Waals surface area contributed by atoms with Gasteiger partial charge in [0, 0.05) is 24.4 Å². The molecule has 1 saturated heterocycles. The van der Waals surface area contributed by atoms with Gasteiger partial charge < -0.3 is 15.4 Å². The fourth-order valence-electron chi connectivity index (χ4n) is 2.26. The summed E-state index contributed by atoms with van der Waals surface area (Å²) in [5, 5.41) is 6.63. The quantitative estimate of drug-likeness (QED) is 0.474. The van der Waals surface area contributed by atoms with Crippen LogP contribution in [0, 0.1) is 11.6 Å². The van der Waals surface area contributed by atoms with Crippen molar-refractivity contribution in [1.29, 1.82) is 0 Å². The number of ether oxygens (including phenoxy) is 1. The first kappa shape index (κ1) is 17.8. The molecule has 1 fully saturated rings. The van der Waals surface area contributed by atoms with E-state index in [4.69, 9.17) is 4.74 Å². The van der Waals surface area contributed by atoms with Crippen LogP contribution in [0.15, 0.2) is 23.2 Å². The highest BCUT2D eigenvalue weighted by Crippen LogP contribution is 2.17. The molecule has 1 aliphatic rings. The van der Waals surface area contributed by atoms with E-state index >= 15 is 0 Å². The van der Waals surface area contributed by atoms with Gasteiger partial charge in [-0.25, -0.2) is 13.8 Å². The van der Waals surface area contributed by atoms with Crippen molar-refractivity contribution in [3.63, 3.8) is 0 Å². The van der Waals surface area contributed by atoms with Gasteiger partial charge in [0.05, 0.1) is 6.54 Å². The lowest BCUT2D eigenvalue weighted by Gasteiger charge is -2.24. The second kappa shape index (κ2) is 9.60. The van der Waals surface area contributed by atoms with Crippen LogP contribution in [0.5, 0.6) is 5.75 Å². The van der Waals surface area contributed by atoms with Gasteiger partial charge in [-0.2, -0.15) is 11.8 Å². The molecule has 23 heavy (non-hydrogen) atoms. The molecular formula is C16H23F2N3OS. The van der Waals surface area contributed by atoms with E-state index in [0.717, 1.165) is 36.8 Å². The summed E-state index contributed by atoms with van der Waals surface area (Å²) < 4.78 is 31.3. The molecule has 0 aliphatic carbocycles. The Morgan fingerprint density at radius 2 is 2.26 bits per heavy atom. The van der Waals surface area contributed by atoms with Crippen LogP contribution in [0.4, 0.5) is 8.78 Å². The monoisotopic (exact) mass is 343 g/mol. The van der Waals surface area contributed by atoms with Crippen molar-refractivity contribution >= 4 is 17.7 Å². The van der Waals surface area contributed by atoms with Crippen molar-refractivity contribution in [1.82, 2.24) is 10.6 Å². The summed E-state index contributed by atoms with van der Waals surface area (Å²) in [6.45, 7) is 3.55. The van der Waals surface area contributed by atoms with Gasteiger partial charge in [0.1, 0.15) is 12.4 Å². The Kier molecular flexibility index (Phi) is 7.45. The minimum absolute atomic E-state index is 0.306. The number of hydrogen-bond acceptors (Lipinski definition) is 3. The molecule has 1 atom stereocenters. The molecular weight excluding hydrogens is 320 g/mol. The number of nitrogens with one attached hydrogen (secondary N) is 2. The maximum atomic E-state index is 13.1. The molecule has 1 aromatic carbocycles. The summed E-state index contributed by atoms with van der Waals surface area (Å²) in [4.78, 5) is 4.45. The van der Waals surface area contributed by atoms with Gasteiger partial charge in [0.2, 0.25) is 0 Å². The number of halogens is 2. The molecule has 0 amide bonds. The second-order valence-corrected chi connectivity index (χ2v) is 6.39. The minimum atomic E-state index is -0.907. The zero-order valence-corrected chi connectivity index (χ0v) is 14.1. The van der Waals surface area contributed by atoms with Crippen LogP contribution >= 0.6 is 11.8 Å². The van der Waals surface area contributed by atoms with Crippen LogP contribution in [-0.4, -0.2) is 43.2 Å². The van der Waals surface area contributed by atoms with Crippen LogP contribution in [0.3, 0.4) is 0 Å². The van der Waals surface area contributed by atoms with Gasteiger partial charge >= 0.3 is 0 Å². The Hall–Kier alpha value is -1.50. The molecule has 1 unspecified atom stereocenters. The van der Waals surface area contributed by atoms with E-state index in [1.54, 1.807) is 0 Å². The van der Waals surface area contributed by atoms with E-state index < -0.39 is 11.6 Å². The molecule has 1 heterocycles. The Morgan fingerprint density at radius 1 is 1.39 bits per heavy atom. The predicted octanol–water partition coefficient (Wildman–Crippen LogP) is 2.79. The van der Waals surface area contributed by atoms with Gasteiger partial charge in [-0.1, -0.05) is 0 Å². The van der Waals surface area contributed by atoms with Crippen LogP contribution in [-0.2, 0) is 0 Å². The molecule has 0 spiro atoms. The molecule has 4 nitrogen and oxygen atoms in total. The molecule has 0 saturated carbocycles. The summed E-state index contributed by atoms with van der Waals surface area (Å²) in [5.41, 5.74) is 0. The van der Waals surface area contributed by atoms with Crippen LogP contribution in [0.2, 0.25) is 0 Å². The van der Waals surface area contributed by atoms with Crippen molar-refractivity contribution in [2.24, 2.45) is 4.99 Å². The SMILES string of the molecule is CCNC(=NCCOc1ccc(F)c(F)c1)NC1CCCSC1. The van der Waals surface area contributed by atoms with Crippen molar-refractivity contribution in [3.8, 4) is 5.75 Å². The van der Waals surface area contributed by atoms with Crippen LogP contribution < -0.4 is 15.4 Å². The number of thioether (sulfide) groups is 1. The maximum absolute atomic E-state index is 13.1. The fourth-order valence-corrected chi connectivity index (χ4v) is 3.33. The lowest BCUT2D eigenvalue weighted by Crippen LogP contribution is -2.45. The summed E-state index contributed by atoms with van der Waals surface area (Å²) in [6.07, 6.45) is 2.38. The highest BCUT2D eigenvalue weighted by molar-refractivity contribution is 7.99.